The highest BCUT2D eigenvalue weighted by atomic mass is 19.2. The molecule has 0 aliphatic carbocycles. The van der Waals surface area contributed by atoms with Gasteiger partial charge >= 0.3 is 0 Å². The predicted molar refractivity (Wildman–Crippen MR) is 68.2 cm³/mol. The summed E-state index contributed by atoms with van der Waals surface area (Å²) in [6.45, 7) is 7.65. The molecule has 0 saturated carbocycles. The van der Waals surface area contributed by atoms with Crippen LogP contribution in [0.3, 0.4) is 0 Å². The molecular weight excluding hydrogens is 255 g/mol. The molecule has 0 amide bonds. The van der Waals surface area contributed by atoms with Crippen molar-refractivity contribution >= 4 is 0 Å². The number of benzene rings is 1. The van der Waals surface area contributed by atoms with Gasteiger partial charge in [0.25, 0.3) is 0 Å². The maximum atomic E-state index is 13.1. The van der Waals surface area contributed by atoms with Crippen LogP contribution in [-0.2, 0) is 0 Å². The molecule has 1 rings (SSSR count). The molecule has 2 atom stereocenters. The Morgan fingerprint density at radius 2 is 1.63 bits per heavy atom. The Kier molecular flexibility index (Phi) is 4.98. The number of aliphatic hydroxyl groups is 1. The lowest BCUT2D eigenvalue weighted by Gasteiger charge is -2.27. The van der Waals surface area contributed by atoms with Crippen LogP contribution in [0.2, 0.25) is 0 Å². The highest BCUT2D eigenvalue weighted by molar-refractivity contribution is 5.22. The van der Waals surface area contributed by atoms with Gasteiger partial charge in [-0.05, 0) is 30.0 Å². The zero-order valence-corrected chi connectivity index (χ0v) is 11.6. The number of halogens is 3. The molecule has 0 heterocycles. The van der Waals surface area contributed by atoms with Crippen LogP contribution >= 0.6 is 0 Å². The molecule has 0 aliphatic heterocycles. The van der Waals surface area contributed by atoms with E-state index in [0.717, 1.165) is 12.1 Å². The number of hydrogen-bond acceptors (Lipinski definition) is 2. The average Bonchev–Trinajstić information content (AvgIpc) is 2.30. The minimum absolute atomic E-state index is 0.283. The van der Waals surface area contributed by atoms with Crippen molar-refractivity contribution in [3.05, 3.63) is 35.1 Å². The van der Waals surface area contributed by atoms with Crippen LogP contribution in [0, 0.1) is 22.9 Å². The molecule has 1 aromatic rings. The average molecular weight is 275 g/mol. The second-order valence-electron chi connectivity index (χ2n) is 5.81. The Morgan fingerprint density at radius 1 is 1.16 bits per heavy atom. The summed E-state index contributed by atoms with van der Waals surface area (Å²) in [5.41, 5.74) is 0.0176. The Balaban J connectivity index is 2.72. The largest absolute Gasteiger partial charge is 0.391 e. The molecule has 2 unspecified atom stereocenters. The molecule has 19 heavy (non-hydrogen) atoms. The van der Waals surface area contributed by atoms with Gasteiger partial charge in [-0.2, -0.15) is 0 Å². The van der Waals surface area contributed by atoms with Crippen LogP contribution in [0.25, 0.3) is 0 Å². The van der Waals surface area contributed by atoms with E-state index < -0.39 is 23.6 Å². The SMILES string of the molecule is CC(NCC(O)C(C)(C)C)c1cc(F)c(F)c(F)c1. The van der Waals surface area contributed by atoms with Gasteiger partial charge in [0.1, 0.15) is 0 Å². The highest BCUT2D eigenvalue weighted by Gasteiger charge is 2.22. The molecule has 1 aromatic carbocycles. The first-order valence-electron chi connectivity index (χ1n) is 6.19. The van der Waals surface area contributed by atoms with E-state index in [1.54, 1.807) is 6.92 Å². The van der Waals surface area contributed by atoms with E-state index in [2.05, 4.69) is 5.32 Å². The molecule has 2 N–H and O–H groups in total. The van der Waals surface area contributed by atoms with Gasteiger partial charge in [-0.1, -0.05) is 20.8 Å². The van der Waals surface area contributed by atoms with Crippen LogP contribution < -0.4 is 5.32 Å². The summed E-state index contributed by atoms with van der Waals surface area (Å²) in [6.07, 6.45) is -0.593. The molecule has 0 spiro atoms. The summed E-state index contributed by atoms with van der Waals surface area (Å²) in [7, 11) is 0. The lowest BCUT2D eigenvalue weighted by molar-refractivity contribution is 0.0609. The van der Waals surface area contributed by atoms with Gasteiger partial charge in [0.15, 0.2) is 17.5 Å². The monoisotopic (exact) mass is 275 g/mol. The Bertz CT molecular complexity index is 420. The summed E-state index contributed by atoms with van der Waals surface area (Å²) in [5, 5.41) is 12.8. The van der Waals surface area contributed by atoms with Gasteiger partial charge in [0.05, 0.1) is 6.10 Å². The zero-order valence-electron chi connectivity index (χ0n) is 11.6. The fourth-order valence-corrected chi connectivity index (χ4v) is 1.54. The van der Waals surface area contributed by atoms with Crippen molar-refractivity contribution < 1.29 is 18.3 Å². The first kappa shape index (κ1) is 16.0. The first-order valence-corrected chi connectivity index (χ1v) is 6.19. The summed E-state index contributed by atoms with van der Waals surface area (Å²) >= 11 is 0. The zero-order chi connectivity index (χ0) is 14.8. The summed E-state index contributed by atoms with van der Waals surface area (Å²) in [6, 6.07) is 1.53. The van der Waals surface area contributed by atoms with Gasteiger partial charge in [-0.25, -0.2) is 13.2 Å². The minimum atomic E-state index is -1.47. The fourth-order valence-electron chi connectivity index (χ4n) is 1.54. The predicted octanol–water partition coefficient (Wildman–Crippen LogP) is 3.16. The maximum Gasteiger partial charge on any atom is 0.194 e. The van der Waals surface area contributed by atoms with Gasteiger partial charge in [-0.3, -0.25) is 0 Å². The topological polar surface area (TPSA) is 32.3 Å². The molecule has 0 aliphatic rings. The third-order valence-electron chi connectivity index (χ3n) is 3.12. The van der Waals surface area contributed by atoms with Crippen molar-refractivity contribution in [1.82, 2.24) is 5.32 Å². The van der Waals surface area contributed by atoms with Crippen molar-refractivity contribution in [2.45, 2.75) is 39.8 Å². The molecule has 5 heteroatoms. The van der Waals surface area contributed by atoms with Crippen molar-refractivity contribution in [3.63, 3.8) is 0 Å². The third kappa shape index (κ3) is 4.21. The van der Waals surface area contributed by atoms with Gasteiger partial charge < -0.3 is 10.4 Å². The lowest BCUT2D eigenvalue weighted by Crippen LogP contribution is -2.37. The van der Waals surface area contributed by atoms with Gasteiger partial charge in [0, 0.05) is 12.6 Å². The molecule has 0 aromatic heterocycles. The Labute approximate surface area is 111 Å². The van der Waals surface area contributed by atoms with Crippen LogP contribution in [0.4, 0.5) is 13.2 Å². The molecule has 0 bridgehead atoms. The van der Waals surface area contributed by atoms with E-state index in [1.807, 2.05) is 20.8 Å². The Hall–Kier alpha value is -1.07. The van der Waals surface area contributed by atoms with Crippen molar-refractivity contribution in [3.8, 4) is 0 Å². The smallest absolute Gasteiger partial charge is 0.194 e. The second kappa shape index (κ2) is 5.92. The van der Waals surface area contributed by atoms with Crippen LogP contribution in [0.1, 0.15) is 39.3 Å². The molecule has 0 saturated heterocycles. The third-order valence-corrected chi connectivity index (χ3v) is 3.12. The second-order valence-corrected chi connectivity index (χ2v) is 5.81. The first-order chi connectivity index (χ1) is 8.62. The number of hydrogen-bond donors (Lipinski definition) is 2. The van der Waals surface area contributed by atoms with Gasteiger partial charge in [-0.15, -0.1) is 0 Å². The molecule has 0 fully saturated rings. The van der Waals surface area contributed by atoms with Crippen LogP contribution in [-0.4, -0.2) is 17.8 Å². The van der Waals surface area contributed by atoms with Crippen LogP contribution in [0.5, 0.6) is 0 Å². The molecular formula is C14H20F3NO. The lowest BCUT2D eigenvalue weighted by atomic mass is 9.89. The van der Waals surface area contributed by atoms with Crippen molar-refractivity contribution in [1.29, 1.82) is 0 Å². The standard InChI is InChI=1S/C14H20F3NO/c1-8(18-7-12(19)14(2,3)4)9-5-10(15)13(17)11(16)6-9/h5-6,8,12,18-19H,7H2,1-4H3. The molecule has 2 nitrogen and oxygen atoms in total. The van der Waals surface area contributed by atoms with E-state index in [0.29, 0.717) is 5.56 Å². The molecule has 108 valence electrons. The van der Waals surface area contributed by atoms with E-state index in [9.17, 15) is 18.3 Å². The number of aliphatic hydroxyl groups excluding tert-OH is 1. The van der Waals surface area contributed by atoms with E-state index in [4.69, 9.17) is 0 Å². The van der Waals surface area contributed by atoms with Crippen LogP contribution in [0.15, 0.2) is 12.1 Å². The summed E-state index contributed by atoms with van der Waals surface area (Å²) < 4.78 is 39.0. The normalized spacial score (nSPS) is 15.4. The number of rotatable bonds is 4. The van der Waals surface area contributed by atoms with Gasteiger partial charge in [0.2, 0.25) is 0 Å². The number of nitrogens with one attached hydrogen (secondary N) is 1. The van der Waals surface area contributed by atoms with E-state index in [-0.39, 0.29) is 18.0 Å². The highest BCUT2D eigenvalue weighted by Crippen LogP contribution is 2.21. The molecule has 0 radical (unpaired) electrons. The van der Waals surface area contributed by atoms with Crippen molar-refractivity contribution in [2.75, 3.05) is 6.54 Å². The fraction of sp³-hybridized carbons (Fsp3) is 0.571. The Morgan fingerprint density at radius 3 is 2.05 bits per heavy atom. The van der Waals surface area contributed by atoms with E-state index in [1.165, 1.54) is 0 Å². The summed E-state index contributed by atoms with van der Waals surface area (Å²) in [5.74, 6) is -3.88. The van der Waals surface area contributed by atoms with E-state index >= 15 is 0 Å². The minimum Gasteiger partial charge on any atom is -0.391 e. The summed E-state index contributed by atoms with van der Waals surface area (Å²) in [4.78, 5) is 0. The maximum absolute atomic E-state index is 13.1. The quantitative estimate of drug-likeness (QED) is 0.827. The van der Waals surface area contributed by atoms with Crippen molar-refractivity contribution in [2.24, 2.45) is 5.41 Å².